The second-order valence-corrected chi connectivity index (χ2v) is 8.22. The summed E-state index contributed by atoms with van der Waals surface area (Å²) >= 11 is 3.48. The fourth-order valence-corrected chi connectivity index (χ4v) is 6.26. The number of halogens is 1. The summed E-state index contributed by atoms with van der Waals surface area (Å²) in [5, 5.41) is 2.77. The number of nitrogens with two attached hydrogens (primary N) is 1. The first kappa shape index (κ1) is 15.2. The van der Waals surface area contributed by atoms with Crippen molar-refractivity contribution >= 4 is 27.7 Å². The number of benzene rings is 1. The Morgan fingerprint density at radius 3 is 2.39 bits per heavy atom. The van der Waals surface area contributed by atoms with Crippen LogP contribution < -0.4 is 11.1 Å². The van der Waals surface area contributed by atoms with Gasteiger partial charge in [-0.05, 0) is 54.7 Å². The van der Waals surface area contributed by atoms with Crippen molar-refractivity contribution < 1.29 is 9.59 Å². The van der Waals surface area contributed by atoms with Gasteiger partial charge in [0.1, 0.15) is 0 Å². The molecule has 5 heteroatoms. The lowest BCUT2D eigenvalue weighted by Gasteiger charge is -2.39. The summed E-state index contributed by atoms with van der Waals surface area (Å²) in [5.74, 6) is -0.746. The van der Waals surface area contributed by atoms with Crippen molar-refractivity contribution in [1.29, 1.82) is 0 Å². The van der Waals surface area contributed by atoms with Crippen LogP contribution in [0, 0.1) is 23.2 Å². The van der Waals surface area contributed by atoms with Crippen LogP contribution in [-0.4, -0.2) is 18.9 Å². The Morgan fingerprint density at radius 2 is 1.87 bits per heavy atom. The van der Waals surface area contributed by atoms with Gasteiger partial charge in [-0.1, -0.05) is 28.1 Å². The highest BCUT2D eigenvalue weighted by Crippen LogP contribution is 2.80. The minimum Gasteiger partial charge on any atom is -0.369 e. The lowest BCUT2D eigenvalue weighted by molar-refractivity contribution is -0.135. The number of nitrogens with one attached hydrogen (secondary N) is 1. The fraction of sp³-hybridized carbons (Fsp3) is 0.556. The summed E-state index contributed by atoms with van der Waals surface area (Å²) in [6.45, 7) is 0. The van der Waals surface area contributed by atoms with E-state index in [0.29, 0.717) is 0 Å². The van der Waals surface area contributed by atoms with E-state index < -0.39 is 5.92 Å². The molecule has 2 amide bonds. The maximum absolute atomic E-state index is 12.5. The molecule has 1 spiro atoms. The molecule has 3 fully saturated rings. The fourth-order valence-electron chi connectivity index (χ4n) is 6.00. The normalized spacial score (nSPS) is 36.2. The van der Waals surface area contributed by atoms with E-state index in [1.165, 1.54) is 5.56 Å². The molecular weight excluding hydrogens is 356 g/mol. The third-order valence-corrected chi connectivity index (χ3v) is 7.30. The van der Waals surface area contributed by atoms with Crippen LogP contribution in [0.25, 0.3) is 0 Å². The highest BCUT2D eigenvalue weighted by Gasteiger charge is 2.79. The van der Waals surface area contributed by atoms with Gasteiger partial charge in [-0.25, -0.2) is 0 Å². The lowest BCUT2D eigenvalue weighted by atomic mass is 9.63. The highest BCUT2D eigenvalue weighted by molar-refractivity contribution is 9.10. The zero-order valence-electron chi connectivity index (χ0n) is 13.1. The van der Waals surface area contributed by atoms with Gasteiger partial charge in [0.2, 0.25) is 11.8 Å². The number of hydrogen-bond donors (Lipinski definition) is 2. The van der Waals surface area contributed by atoms with E-state index in [1.54, 1.807) is 7.05 Å². The molecule has 3 N–H and O–H groups in total. The SMILES string of the molecule is CNC(=O)C1C2CCC(c3ccc(Br)cc3)(C1C(N)=O)C21CC1. The molecule has 1 aromatic rings. The van der Waals surface area contributed by atoms with Crippen LogP contribution >= 0.6 is 15.9 Å². The van der Waals surface area contributed by atoms with Crippen LogP contribution in [0.1, 0.15) is 31.2 Å². The van der Waals surface area contributed by atoms with Gasteiger partial charge in [0, 0.05) is 16.9 Å². The van der Waals surface area contributed by atoms with Crippen molar-refractivity contribution in [1.82, 2.24) is 5.32 Å². The van der Waals surface area contributed by atoms with Crippen molar-refractivity contribution in [3.8, 4) is 0 Å². The molecule has 3 aliphatic carbocycles. The monoisotopic (exact) mass is 376 g/mol. The molecule has 0 radical (unpaired) electrons. The zero-order chi connectivity index (χ0) is 16.4. The summed E-state index contributed by atoms with van der Waals surface area (Å²) in [7, 11) is 1.65. The van der Waals surface area contributed by atoms with Gasteiger partial charge in [0.05, 0.1) is 11.8 Å². The van der Waals surface area contributed by atoms with Crippen LogP contribution in [0.4, 0.5) is 0 Å². The Kier molecular flexibility index (Phi) is 3.18. The zero-order valence-corrected chi connectivity index (χ0v) is 14.7. The van der Waals surface area contributed by atoms with Crippen molar-refractivity contribution in [3.05, 3.63) is 34.3 Å². The first-order chi connectivity index (χ1) is 11.0. The van der Waals surface area contributed by atoms with Crippen LogP contribution in [-0.2, 0) is 15.0 Å². The van der Waals surface area contributed by atoms with Crippen LogP contribution in [0.5, 0.6) is 0 Å². The van der Waals surface area contributed by atoms with E-state index in [0.717, 1.165) is 30.2 Å². The van der Waals surface area contributed by atoms with Crippen LogP contribution in [0.3, 0.4) is 0 Å². The number of carbonyl (C=O) groups is 2. The minimum absolute atomic E-state index is 0.0243. The van der Waals surface area contributed by atoms with Crippen LogP contribution in [0.2, 0.25) is 0 Å². The number of primary amides is 1. The molecule has 3 aliphatic rings. The number of amides is 2. The highest BCUT2D eigenvalue weighted by atomic mass is 79.9. The van der Waals surface area contributed by atoms with E-state index in [4.69, 9.17) is 5.73 Å². The largest absolute Gasteiger partial charge is 0.369 e. The van der Waals surface area contributed by atoms with Gasteiger partial charge in [-0.15, -0.1) is 0 Å². The molecule has 0 aromatic heterocycles. The van der Waals surface area contributed by atoms with Gasteiger partial charge >= 0.3 is 0 Å². The molecule has 4 nitrogen and oxygen atoms in total. The summed E-state index contributed by atoms with van der Waals surface area (Å²) < 4.78 is 1.02. The Morgan fingerprint density at radius 1 is 1.22 bits per heavy atom. The average Bonchev–Trinajstić information content (AvgIpc) is 3.23. The molecule has 122 valence electrons. The molecule has 1 aromatic carbocycles. The molecule has 23 heavy (non-hydrogen) atoms. The Labute approximate surface area is 144 Å². The quantitative estimate of drug-likeness (QED) is 0.849. The van der Waals surface area contributed by atoms with Crippen molar-refractivity contribution in [2.24, 2.45) is 28.9 Å². The van der Waals surface area contributed by atoms with Gasteiger partial charge in [-0.2, -0.15) is 0 Å². The molecule has 4 unspecified atom stereocenters. The van der Waals surface area contributed by atoms with Crippen molar-refractivity contribution in [2.45, 2.75) is 31.1 Å². The lowest BCUT2D eigenvalue weighted by Crippen LogP contribution is -2.48. The van der Waals surface area contributed by atoms with Crippen molar-refractivity contribution in [3.63, 3.8) is 0 Å². The molecule has 4 atom stereocenters. The summed E-state index contributed by atoms with van der Waals surface area (Å²) in [6, 6.07) is 8.26. The molecule has 2 bridgehead atoms. The molecule has 4 rings (SSSR count). The average molecular weight is 377 g/mol. The Hall–Kier alpha value is -1.36. The van der Waals surface area contributed by atoms with Crippen molar-refractivity contribution in [2.75, 3.05) is 7.05 Å². The van der Waals surface area contributed by atoms with Gasteiger partial charge in [0.15, 0.2) is 0 Å². The second kappa shape index (κ2) is 4.82. The van der Waals surface area contributed by atoms with E-state index in [1.807, 2.05) is 12.1 Å². The molecule has 0 aliphatic heterocycles. The smallest absolute Gasteiger partial charge is 0.223 e. The summed E-state index contributed by atoms with van der Waals surface area (Å²) in [4.78, 5) is 25.0. The van der Waals surface area contributed by atoms with Gasteiger partial charge in [0.25, 0.3) is 0 Å². The van der Waals surface area contributed by atoms with Crippen LogP contribution in [0.15, 0.2) is 28.7 Å². The molecule has 0 saturated heterocycles. The van der Waals surface area contributed by atoms with E-state index in [2.05, 4.69) is 33.4 Å². The summed E-state index contributed by atoms with van der Waals surface area (Å²) in [6.07, 6.45) is 4.17. The first-order valence-corrected chi connectivity index (χ1v) is 9.04. The van der Waals surface area contributed by atoms with Gasteiger partial charge in [-0.3, -0.25) is 9.59 Å². The molecule has 0 heterocycles. The standard InChI is InChI=1S/C18H21BrN2O2/c1-21-16(23)13-12-6-7-18(14(13)15(20)22,17(12)8-9-17)10-2-4-11(19)5-3-10/h2-5,12-14H,6-9H2,1H3,(H2,20,22)(H,21,23). The molecule has 3 saturated carbocycles. The number of hydrogen-bond acceptors (Lipinski definition) is 2. The topological polar surface area (TPSA) is 72.2 Å². The maximum atomic E-state index is 12.5. The Balaban J connectivity index is 1.90. The number of carbonyl (C=O) groups excluding carboxylic acids is 2. The minimum atomic E-state index is -0.398. The first-order valence-electron chi connectivity index (χ1n) is 8.25. The Bertz CT molecular complexity index is 683. The predicted molar refractivity (Wildman–Crippen MR) is 90.5 cm³/mol. The van der Waals surface area contributed by atoms with E-state index >= 15 is 0 Å². The summed E-state index contributed by atoms with van der Waals surface area (Å²) in [5.41, 5.74) is 6.85. The molecular formula is C18H21BrN2O2. The third-order valence-electron chi connectivity index (χ3n) is 6.78. The number of rotatable bonds is 3. The van der Waals surface area contributed by atoms with Gasteiger partial charge < -0.3 is 11.1 Å². The van der Waals surface area contributed by atoms with E-state index in [-0.39, 0.29) is 34.5 Å². The predicted octanol–water partition coefficient (Wildman–Crippen LogP) is 2.35. The van der Waals surface area contributed by atoms with E-state index in [9.17, 15) is 9.59 Å². The second-order valence-electron chi connectivity index (χ2n) is 7.30. The maximum Gasteiger partial charge on any atom is 0.223 e. The third kappa shape index (κ3) is 1.72.